The van der Waals surface area contributed by atoms with Gasteiger partial charge in [0.25, 0.3) is 0 Å². The van der Waals surface area contributed by atoms with E-state index in [1.807, 2.05) is 54.8 Å². The second kappa shape index (κ2) is 7.74. The van der Waals surface area contributed by atoms with E-state index in [0.29, 0.717) is 5.16 Å². The minimum Gasteiger partial charge on any atom is -0.325 e. The average Bonchev–Trinajstić information content (AvgIpc) is 2.97. The van der Waals surface area contributed by atoms with E-state index in [0.717, 1.165) is 28.3 Å². The van der Waals surface area contributed by atoms with Crippen molar-refractivity contribution in [2.24, 2.45) is 0 Å². The standard InChI is InChI=1S/C20H22N4OS/c1-13-9-10-17(11-15(13)3)21-19(25)12-26-20-23-22-16(4)24(20)18-8-6-5-7-14(18)2/h5-11H,12H2,1-4H3,(H,21,25). The normalized spacial score (nSPS) is 10.8. The largest absolute Gasteiger partial charge is 0.325 e. The van der Waals surface area contributed by atoms with Crippen molar-refractivity contribution in [3.05, 3.63) is 65.0 Å². The highest BCUT2D eigenvalue weighted by atomic mass is 32.2. The molecule has 0 bridgehead atoms. The quantitative estimate of drug-likeness (QED) is 0.687. The molecule has 0 atom stereocenters. The summed E-state index contributed by atoms with van der Waals surface area (Å²) in [5.74, 6) is 1.02. The van der Waals surface area contributed by atoms with Crippen molar-refractivity contribution in [1.82, 2.24) is 14.8 Å². The van der Waals surface area contributed by atoms with Gasteiger partial charge >= 0.3 is 0 Å². The zero-order valence-corrected chi connectivity index (χ0v) is 16.2. The fourth-order valence-corrected chi connectivity index (χ4v) is 3.46. The van der Waals surface area contributed by atoms with Crippen molar-refractivity contribution in [2.75, 3.05) is 11.1 Å². The van der Waals surface area contributed by atoms with E-state index in [1.54, 1.807) is 0 Å². The number of nitrogens with zero attached hydrogens (tertiary/aromatic N) is 3. The van der Waals surface area contributed by atoms with Crippen LogP contribution in [0.1, 0.15) is 22.5 Å². The van der Waals surface area contributed by atoms with Crippen molar-refractivity contribution in [1.29, 1.82) is 0 Å². The van der Waals surface area contributed by atoms with Gasteiger partial charge in [-0.05, 0) is 62.6 Å². The second-order valence-corrected chi connectivity index (χ2v) is 7.23. The molecule has 0 unspecified atom stereocenters. The Morgan fingerprint density at radius 3 is 2.50 bits per heavy atom. The van der Waals surface area contributed by atoms with E-state index in [1.165, 1.54) is 17.3 Å². The van der Waals surface area contributed by atoms with E-state index < -0.39 is 0 Å². The predicted octanol–water partition coefficient (Wildman–Crippen LogP) is 4.23. The summed E-state index contributed by atoms with van der Waals surface area (Å²) in [6.45, 7) is 8.05. The topological polar surface area (TPSA) is 59.8 Å². The molecule has 0 fully saturated rings. The van der Waals surface area contributed by atoms with Gasteiger partial charge in [0.05, 0.1) is 11.4 Å². The third-order valence-electron chi connectivity index (χ3n) is 4.27. The SMILES string of the molecule is Cc1ccc(NC(=O)CSc2nnc(C)n2-c2ccccc2C)cc1C. The third kappa shape index (κ3) is 3.96. The van der Waals surface area contributed by atoms with Gasteiger partial charge in [-0.3, -0.25) is 9.36 Å². The van der Waals surface area contributed by atoms with Crippen molar-refractivity contribution in [3.8, 4) is 5.69 Å². The van der Waals surface area contributed by atoms with Crippen LogP contribution in [0.25, 0.3) is 5.69 Å². The first-order valence-electron chi connectivity index (χ1n) is 8.43. The van der Waals surface area contributed by atoms with Gasteiger partial charge in [-0.25, -0.2) is 0 Å². The second-order valence-electron chi connectivity index (χ2n) is 6.29. The van der Waals surface area contributed by atoms with Crippen LogP contribution in [0.15, 0.2) is 47.6 Å². The lowest BCUT2D eigenvalue weighted by molar-refractivity contribution is -0.113. The number of anilines is 1. The molecule has 0 aliphatic heterocycles. The molecule has 3 aromatic rings. The Kier molecular flexibility index (Phi) is 5.42. The molecule has 134 valence electrons. The number of carbonyl (C=O) groups excluding carboxylic acids is 1. The molecule has 26 heavy (non-hydrogen) atoms. The van der Waals surface area contributed by atoms with E-state index in [4.69, 9.17) is 0 Å². The van der Waals surface area contributed by atoms with Gasteiger partial charge in [-0.2, -0.15) is 0 Å². The molecule has 1 aromatic heterocycles. The van der Waals surface area contributed by atoms with Crippen LogP contribution in [-0.2, 0) is 4.79 Å². The first-order chi connectivity index (χ1) is 12.5. The minimum atomic E-state index is -0.0600. The summed E-state index contributed by atoms with van der Waals surface area (Å²) < 4.78 is 1.99. The molecule has 1 heterocycles. The molecule has 0 saturated carbocycles. The summed E-state index contributed by atoms with van der Waals surface area (Å²) >= 11 is 1.38. The highest BCUT2D eigenvalue weighted by molar-refractivity contribution is 7.99. The van der Waals surface area contributed by atoms with Gasteiger partial charge < -0.3 is 5.32 Å². The molecule has 2 aromatic carbocycles. The molecular weight excluding hydrogens is 344 g/mol. The maximum absolute atomic E-state index is 12.3. The Morgan fingerprint density at radius 1 is 1.00 bits per heavy atom. The molecule has 0 aliphatic carbocycles. The lowest BCUT2D eigenvalue weighted by Crippen LogP contribution is -2.14. The Morgan fingerprint density at radius 2 is 1.77 bits per heavy atom. The zero-order valence-electron chi connectivity index (χ0n) is 15.4. The van der Waals surface area contributed by atoms with Gasteiger partial charge in [0.15, 0.2) is 5.16 Å². The smallest absolute Gasteiger partial charge is 0.234 e. The number of hydrogen-bond donors (Lipinski definition) is 1. The van der Waals surface area contributed by atoms with E-state index >= 15 is 0 Å². The van der Waals surface area contributed by atoms with Gasteiger partial charge in [0, 0.05) is 5.69 Å². The average molecular weight is 366 g/mol. The number of rotatable bonds is 5. The fourth-order valence-electron chi connectivity index (χ4n) is 2.67. The lowest BCUT2D eigenvalue weighted by Gasteiger charge is -2.11. The molecule has 0 spiro atoms. The molecule has 0 aliphatic rings. The van der Waals surface area contributed by atoms with E-state index in [-0.39, 0.29) is 11.7 Å². The molecule has 5 nitrogen and oxygen atoms in total. The third-order valence-corrected chi connectivity index (χ3v) is 5.20. The van der Waals surface area contributed by atoms with Crippen molar-refractivity contribution in [3.63, 3.8) is 0 Å². The van der Waals surface area contributed by atoms with E-state index in [2.05, 4.69) is 35.4 Å². The number of benzene rings is 2. The highest BCUT2D eigenvalue weighted by Crippen LogP contribution is 2.24. The molecule has 0 saturated heterocycles. The molecule has 0 radical (unpaired) electrons. The maximum Gasteiger partial charge on any atom is 0.234 e. The molecule has 1 amide bonds. The number of aromatic nitrogens is 3. The van der Waals surface area contributed by atoms with Gasteiger partial charge in [-0.15, -0.1) is 10.2 Å². The lowest BCUT2D eigenvalue weighted by atomic mass is 10.1. The number of nitrogens with one attached hydrogen (secondary N) is 1. The number of thioether (sulfide) groups is 1. The van der Waals surface area contributed by atoms with Crippen LogP contribution >= 0.6 is 11.8 Å². The van der Waals surface area contributed by atoms with Crippen LogP contribution in [0.4, 0.5) is 5.69 Å². The van der Waals surface area contributed by atoms with Gasteiger partial charge in [0.2, 0.25) is 5.91 Å². The molecule has 3 rings (SSSR count). The number of para-hydroxylation sites is 1. The van der Waals surface area contributed by atoms with Crippen LogP contribution in [0.3, 0.4) is 0 Å². The number of carbonyl (C=O) groups is 1. The summed E-state index contributed by atoms with van der Waals surface area (Å²) in [6, 6.07) is 14.0. The Hall–Kier alpha value is -2.60. The summed E-state index contributed by atoms with van der Waals surface area (Å²) in [4.78, 5) is 12.3. The van der Waals surface area contributed by atoms with Gasteiger partial charge in [-0.1, -0.05) is 36.0 Å². The Labute approximate surface area is 157 Å². The molecular formula is C20H22N4OS. The Balaban J connectivity index is 1.71. The van der Waals surface area contributed by atoms with Crippen molar-refractivity contribution in [2.45, 2.75) is 32.9 Å². The predicted molar refractivity (Wildman–Crippen MR) is 106 cm³/mol. The van der Waals surface area contributed by atoms with Crippen LogP contribution in [-0.4, -0.2) is 26.4 Å². The highest BCUT2D eigenvalue weighted by Gasteiger charge is 2.14. The van der Waals surface area contributed by atoms with Crippen LogP contribution in [0.5, 0.6) is 0 Å². The first-order valence-corrected chi connectivity index (χ1v) is 9.42. The number of aryl methyl sites for hydroxylation is 4. The van der Waals surface area contributed by atoms with Gasteiger partial charge in [0.1, 0.15) is 5.82 Å². The fraction of sp³-hybridized carbons (Fsp3) is 0.250. The molecule has 6 heteroatoms. The summed E-state index contributed by atoms with van der Waals surface area (Å²) in [5.41, 5.74) is 5.35. The number of hydrogen-bond acceptors (Lipinski definition) is 4. The first kappa shape index (κ1) is 18.2. The minimum absolute atomic E-state index is 0.0600. The molecule has 1 N–H and O–H groups in total. The summed E-state index contributed by atoms with van der Waals surface area (Å²) in [6.07, 6.45) is 0. The Bertz CT molecular complexity index is 949. The van der Waals surface area contributed by atoms with E-state index in [9.17, 15) is 4.79 Å². The maximum atomic E-state index is 12.3. The number of amides is 1. The summed E-state index contributed by atoms with van der Waals surface area (Å²) in [7, 11) is 0. The van der Waals surface area contributed by atoms with Crippen molar-refractivity contribution >= 4 is 23.4 Å². The van der Waals surface area contributed by atoms with Crippen LogP contribution in [0, 0.1) is 27.7 Å². The van der Waals surface area contributed by atoms with Crippen molar-refractivity contribution < 1.29 is 4.79 Å². The summed E-state index contributed by atoms with van der Waals surface area (Å²) in [5, 5.41) is 12.1. The monoisotopic (exact) mass is 366 g/mol. The zero-order chi connectivity index (χ0) is 18.7. The van der Waals surface area contributed by atoms with Crippen LogP contribution < -0.4 is 5.32 Å². The van der Waals surface area contributed by atoms with Crippen LogP contribution in [0.2, 0.25) is 0 Å².